The van der Waals surface area contributed by atoms with Crippen LogP contribution < -0.4 is 5.73 Å². The number of hydrogen-bond acceptors (Lipinski definition) is 1. The molecule has 0 saturated heterocycles. The molecule has 96 valence electrons. The SMILES string of the molecule is CCC(C)c1ccc(C(N)C(CC)CC)cc1. The number of nitrogens with two attached hydrogens (primary N) is 1. The minimum Gasteiger partial charge on any atom is -0.324 e. The summed E-state index contributed by atoms with van der Waals surface area (Å²) in [5.74, 6) is 1.25. The van der Waals surface area contributed by atoms with E-state index in [-0.39, 0.29) is 6.04 Å². The summed E-state index contributed by atoms with van der Waals surface area (Å²) in [4.78, 5) is 0. The molecule has 1 aromatic rings. The number of benzene rings is 1. The van der Waals surface area contributed by atoms with E-state index in [1.165, 1.54) is 17.5 Å². The van der Waals surface area contributed by atoms with Gasteiger partial charge < -0.3 is 5.73 Å². The molecule has 1 rings (SSSR count). The molecule has 1 heteroatoms. The third-order valence-electron chi connectivity index (χ3n) is 4.06. The summed E-state index contributed by atoms with van der Waals surface area (Å²) in [7, 11) is 0. The third kappa shape index (κ3) is 3.57. The largest absolute Gasteiger partial charge is 0.324 e. The first-order valence-electron chi connectivity index (χ1n) is 6.99. The maximum absolute atomic E-state index is 6.32. The van der Waals surface area contributed by atoms with Gasteiger partial charge in [0.2, 0.25) is 0 Å². The minimum atomic E-state index is 0.191. The van der Waals surface area contributed by atoms with Crippen molar-refractivity contribution >= 4 is 0 Å². The summed E-state index contributed by atoms with van der Waals surface area (Å²) in [6.45, 7) is 8.95. The maximum atomic E-state index is 6.32. The van der Waals surface area contributed by atoms with Gasteiger partial charge in [-0.3, -0.25) is 0 Å². The van der Waals surface area contributed by atoms with E-state index in [2.05, 4.69) is 52.0 Å². The van der Waals surface area contributed by atoms with E-state index in [4.69, 9.17) is 5.73 Å². The van der Waals surface area contributed by atoms with Gasteiger partial charge in [0.15, 0.2) is 0 Å². The molecule has 0 saturated carbocycles. The highest BCUT2D eigenvalue weighted by Gasteiger charge is 2.16. The Bertz CT molecular complexity index is 311. The second-order valence-corrected chi connectivity index (χ2v) is 5.08. The van der Waals surface area contributed by atoms with Crippen LogP contribution in [0.3, 0.4) is 0 Å². The fraction of sp³-hybridized carbons (Fsp3) is 0.625. The molecule has 0 aliphatic heterocycles. The second-order valence-electron chi connectivity index (χ2n) is 5.08. The fourth-order valence-electron chi connectivity index (χ4n) is 2.35. The molecule has 1 nitrogen and oxygen atoms in total. The maximum Gasteiger partial charge on any atom is 0.0323 e. The molecule has 0 amide bonds. The smallest absolute Gasteiger partial charge is 0.0323 e. The molecular weight excluding hydrogens is 206 g/mol. The van der Waals surface area contributed by atoms with Crippen molar-refractivity contribution in [3.05, 3.63) is 35.4 Å². The van der Waals surface area contributed by atoms with E-state index in [1.54, 1.807) is 0 Å². The third-order valence-corrected chi connectivity index (χ3v) is 4.06. The zero-order chi connectivity index (χ0) is 12.8. The van der Waals surface area contributed by atoms with Gasteiger partial charge in [-0.05, 0) is 29.4 Å². The standard InChI is InChI=1S/C16H27N/c1-5-12(4)14-8-10-15(11-9-14)16(17)13(6-2)7-3/h8-13,16H,5-7,17H2,1-4H3. The van der Waals surface area contributed by atoms with E-state index in [0.29, 0.717) is 11.8 Å². The summed E-state index contributed by atoms with van der Waals surface area (Å²) in [6, 6.07) is 9.10. The second kappa shape index (κ2) is 6.80. The molecule has 0 heterocycles. The monoisotopic (exact) mass is 233 g/mol. The van der Waals surface area contributed by atoms with Crippen molar-refractivity contribution < 1.29 is 0 Å². The Labute approximate surface area is 106 Å². The van der Waals surface area contributed by atoms with Crippen molar-refractivity contribution in [3.63, 3.8) is 0 Å². The minimum absolute atomic E-state index is 0.191. The Hall–Kier alpha value is -0.820. The van der Waals surface area contributed by atoms with E-state index < -0.39 is 0 Å². The Morgan fingerprint density at radius 2 is 1.35 bits per heavy atom. The van der Waals surface area contributed by atoms with Crippen LogP contribution in [0.4, 0.5) is 0 Å². The zero-order valence-corrected chi connectivity index (χ0v) is 11.7. The Balaban J connectivity index is 2.79. The van der Waals surface area contributed by atoms with Crippen LogP contribution >= 0.6 is 0 Å². The molecule has 2 atom stereocenters. The van der Waals surface area contributed by atoms with E-state index in [9.17, 15) is 0 Å². The van der Waals surface area contributed by atoms with Gasteiger partial charge in [0.25, 0.3) is 0 Å². The lowest BCUT2D eigenvalue weighted by Crippen LogP contribution is -2.20. The molecule has 0 spiro atoms. The first-order chi connectivity index (χ1) is 8.13. The van der Waals surface area contributed by atoms with E-state index in [0.717, 1.165) is 12.8 Å². The molecule has 0 bridgehead atoms. The van der Waals surface area contributed by atoms with Crippen LogP contribution in [0, 0.1) is 5.92 Å². The highest BCUT2D eigenvalue weighted by molar-refractivity contribution is 5.27. The first-order valence-corrected chi connectivity index (χ1v) is 6.99. The van der Waals surface area contributed by atoms with Crippen molar-refractivity contribution in [2.75, 3.05) is 0 Å². The van der Waals surface area contributed by atoms with Gasteiger partial charge in [0.1, 0.15) is 0 Å². The molecule has 2 N–H and O–H groups in total. The van der Waals surface area contributed by atoms with E-state index in [1.807, 2.05) is 0 Å². The highest BCUT2D eigenvalue weighted by atomic mass is 14.6. The Morgan fingerprint density at radius 1 is 0.882 bits per heavy atom. The predicted molar refractivity (Wildman–Crippen MR) is 76.1 cm³/mol. The summed E-state index contributed by atoms with van der Waals surface area (Å²) in [6.07, 6.45) is 3.51. The van der Waals surface area contributed by atoms with Gasteiger partial charge in [-0.2, -0.15) is 0 Å². The topological polar surface area (TPSA) is 26.0 Å². The van der Waals surface area contributed by atoms with Crippen molar-refractivity contribution in [2.45, 2.75) is 58.9 Å². The van der Waals surface area contributed by atoms with Crippen LogP contribution in [0.2, 0.25) is 0 Å². The Morgan fingerprint density at radius 3 is 1.76 bits per heavy atom. The van der Waals surface area contributed by atoms with Crippen LogP contribution in [0.1, 0.15) is 70.0 Å². The molecular formula is C16H27N. The predicted octanol–water partition coefficient (Wildman–Crippen LogP) is 4.64. The summed E-state index contributed by atoms with van der Waals surface area (Å²) in [5, 5.41) is 0. The average molecular weight is 233 g/mol. The lowest BCUT2D eigenvalue weighted by Gasteiger charge is -2.22. The molecule has 1 aromatic carbocycles. The molecule has 0 fully saturated rings. The molecule has 0 aliphatic carbocycles. The average Bonchev–Trinajstić information content (AvgIpc) is 2.39. The fourth-order valence-corrected chi connectivity index (χ4v) is 2.35. The normalized spacial score (nSPS) is 14.9. The zero-order valence-electron chi connectivity index (χ0n) is 11.7. The van der Waals surface area contributed by atoms with Gasteiger partial charge in [-0.25, -0.2) is 0 Å². The molecule has 2 unspecified atom stereocenters. The van der Waals surface area contributed by atoms with Crippen LogP contribution in [-0.2, 0) is 0 Å². The van der Waals surface area contributed by atoms with Crippen molar-refractivity contribution in [3.8, 4) is 0 Å². The van der Waals surface area contributed by atoms with Gasteiger partial charge >= 0.3 is 0 Å². The molecule has 0 aromatic heterocycles. The number of rotatable bonds is 6. The van der Waals surface area contributed by atoms with Crippen molar-refractivity contribution in [1.29, 1.82) is 0 Å². The molecule has 0 radical (unpaired) electrons. The van der Waals surface area contributed by atoms with Crippen LogP contribution in [0.15, 0.2) is 24.3 Å². The van der Waals surface area contributed by atoms with Crippen LogP contribution in [0.25, 0.3) is 0 Å². The van der Waals surface area contributed by atoms with Gasteiger partial charge in [-0.15, -0.1) is 0 Å². The van der Waals surface area contributed by atoms with Gasteiger partial charge in [-0.1, -0.05) is 64.8 Å². The van der Waals surface area contributed by atoms with Gasteiger partial charge in [0, 0.05) is 6.04 Å². The molecule has 17 heavy (non-hydrogen) atoms. The number of hydrogen-bond donors (Lipinski definition) is 1. The highest BCUT2D eigenvalue weighted by Crippen LogP contribution is 2.26. The quantitative estimate of drug-likeness (QED) is 0.761. The summed E-state index contributed by atoms with van der Waals surface area (Å²) in [5.41, 5.74) is 9.03. The summed E-state index contributed by atoms with van der Waals surface area (Å²) < 4.78 is 0. The van der Waals surface area contributed by atoms with Crippen molar-refractivity contribution in [1.82, 2.24) is 0 Å². The van der Waals surface area contributed by atoms with Crippen LogP contribution in [0.5, 0.6) is 0 Å². The lowest BCUT2D eigenvalue weighted by atomic mass is 9.88. The lowest BCUT2D eigenvalue weighted by molar-refractivity contribution is 0.405. The Kier molecular flexibility index (Phi) is 5.70. The van der Waals surface area contributed by atoms with E-state index >= 15 is 0 Å². The van der Waals surface area contributed by atoms with Crippen LogP contribution in [-0.4, -0.2) is 0 Å². The van der Waals surface area contributed by atoms with Crippen molar-refractivity contribution in [2.24, 2.45) is 11.7 Å². The summed E-state index contributed by atoms with van der Waals surface area (Å²) >= 11 is 0. The molecule has 0 aliphatic rings. The van der Waals surface area contributed by atoms with Gasteiger partial charge in [0.05, 0.1) is 0 Å². The first kappa shape index (κ1) is 14.2.